The van der Waals surface area contributed by atoms with Gasteiger partial charge in [-0.25, -0.2) is 4.79 Å². The topological polar surface area (TPSA) is 46.5 Å². The van der Waals surface area contributed by atoms with E-state index in [0.717, 1.165) is 11.1 Å². The lowest BCUT2D eigenvalue weighted by molar-refractivity contribution is -0.130. The molecule has 1 atom stereocenters. The Kier molecular flexibility index (Phi) is 4.43. The van der Waals surface area contributed by atoms with Crippen molar-refractivity contribution in [3.63, 3.8) is 0 Å². The number of phenolic OH excluding ortho intramolecular Hbond substituents is 1. The summed E-state index contributed by atoms with van der Waals surface area (Å²) in [4.78, 5) is 11.4. The highest BCUT2D eigenvalue weighted by Gasteiger charge is 2.10. The first-order valence-corrected chi connectivity index (χ1v) is 6.74. The van der Waals surface area contributed by atoms with E-state index in [1.807, 2.05) is 24.3 Å². The standard InChI is InChI=1S/C18H18O3/c1-12(2)18(20)21-17-10-6-15(7-11-17)13(3)14-4-8-16(19)9-5-14/h4-11,13,19H,1H2,2-3H3. The van der Waals surface area contributed by atoms with Gasteiger partial charge in [0.1, 0.15) is 11.5 Å². The van der Waals surface area contributed by atoms with Gasteiger partial charge in [0.15, 0.2) is 0 Å². The van der Waals surface area contributed by atoms with Gasteiger partial charge in [0, 0.05) is 11.5 Å². The maximum absolute atomic E-state index is 11.4. The lowest BCUT2D eigenvalue weighted by Gasteiger charge is -2.13. The number of hydrogen-bond acceptors (Lipinski definition) is 3. The fourth-order valence-corrected chi connectivity index (χ4v) is 1.97. The van der Waals surface area contributed by atoms with Gasteiger partial charge in [0.25, 0.3) is 0 Å². The van der Waals surface area contributed by atoms with Crippen LogP contribution < -0.4 is 4.74 Å². The quantitative estimate of drug-likeness (QED) is 0.523. The van der Waals surface area contributed by atoms with Crippen LogP contribution in [-0.4, -0.2) is 11.1 Å². The van der Waals surface area contributed by atoms with E-state index in [1.54, 1.807) is 31.2 Å². The van der Waals surface area contributed by atoms with Gasteiger partial charge in [0.2, 0.25) is 0 Å². The van der Waals surface area contributed by atoms with Crippen LogP contribution in [0.3, 0.4) is 0 Å². The molecule has 0 saturated heterocycles. The van der Waals surface area contributed by atoms with Crippen LogP contribution in [0, 0.1) is 0 Å². The van der Waals surface area contributed by atoms with Gasteiger partial charge in [-0.3, -0.25) is 0 Å². The lowest BCUT2D eigenvalue weighted by Crippen LogP contribution is -2.08. The predicted octanol–water partition coefficient (Wildman–Crippen LogP) is 4.03. The zero-order valence-corrected chi connectivity index (χ0v) is 12.2. The summed E-state index contributed by atoms with van der Waals surface area (Å²) in [6.45, 7) is 7.25. The number of rotatable bonds is 4. The lowest BCUT2D eigenvalue weighted by atomic mass is 9.93. The minimum Gasteiger partial charge on any atom is -0.508 e. The van der Waals surface area contributed by atoms with Crippen LogP contribution >= 0.6 is 0 Å². The fraction of sp³-hybridized carbons (Fsp3) is 0.167. The van der Waals surface area contributed by atoms with Gasteiger partial charge in [-0.2, -0.15) is 0 Å². The average Bonchev–Trinajstić information content (AvgIpc) is 2.48. The van der Waals surface area contributed by atoms with Crippen LogP contribution in [-0.2, 0) is 4.79 Å². The van der Waals surface area contributed by atoms with Gasteiger partial charge >= 0.3 is 5.97 Å². The van der Waals surface area contributed by atoms with E-state index in [2.05, 4.69) is 13.5 Å². The normalized spacial score (nSPS) is 11.7. The highest BCUT2D eigenvalue weighted by atomic mass is 16.5. The van der Waals surface area contributed by atoms with Crippen LogP contribution in [0.15, 0.2) is 60.7 Å². The molecule has 0 fully saturated rings. The van der Waals surface area contributed by atoms with Crippen LogP contribution in [0.5, 0.6) is 11.5 Å². The molecule has 3 nitrogen and oxygen atoms in total. The summed E-state index contributed by atoms with van der Waals surface area (Å²) >= 11 is 0. The third kappa shape index (κ3) is 3.72. The molecule has 21 heavy (non-hydrogen) atoms. The summed E-state index contributed by atoms with van der Waals surface area (Å²) in [5.74, 6) is 0.531. The van der Waals surface area contributed by atoms with Crippen molar-refractivity contribution in [2.75, 3.05) is 0 Å². The van der Waals surface area contributed by atoms with E-state index in [1.165, 1.54) is 0 Å². The van der Waals surface area contributed by atoms with Crippen molar-refractivity contribution in [1.82, 2.24) is 0 Å². The Balaban J connectivity index is 2.13. The van der Waals surface area contributed by atoms with Crippen LogP contribution in [0.25, 0.3) is 0 Å². The summed E-state index contributed by atoms with van der Waals surface area (Å²) in [6, 6.07) is 14.5. The molecule has 2 aromatic rings. The van der Waals surface area contributed by atoms with Gasteiger partial charge in [-0.15, -0.1) is 0 Å². The molecular formula is C18H18O3. The van der Waals surface area contributed by atoms with E-state index in [0.29, 0.717) is 11.3 Å². The third-order valence-electron chi connectivity index (χ3n) is 3.33. The van der Waals surface area contributed by atoms with Gasteiger partial charge < -0.3 is 9.84 Å². The Hall–Kier alpha value is -2.55. The van der Waals surface area contributed by atoms with E-state index in [-0.39, 0.29) is 11.7 Å². The number of carbonyl (C=O) groups is 1. The van der Waals surface area contributed by atoms with Crippen LogP contribution in [0.1, 0.15) is 30.9 Å². The molecule has 0 radical (unpaired) electrons. The van der Waals surface area contributed by atoms with Gasteiger partial charge in [-0.05, 0) is 42.3 Å². The van der Waals surface area contributed by atoms with E-state index >= 15 is 0 Å². The molecule has 0 heterocycles. The zero-order chi connectivity index (χ0) is 15.4. The Morgan fingerprint density at radius 3 is 2.00 bits per heavy atom. The highest BCUT2D eigenvalue weighted by molar-refractivity contribution is 5.88. The Morgan fingerprint density at radius 1 is 1.05 bits per heavy atom. The summed E-state index contributed by atoms with van der Waals surface area (Å²) < 4.78 is 5.16. The third-order valence-corrected chi connectivity index (χ3v) is 3.33. The SMILES string of the molecule is C=C(C)C(=O)Oc1ccc(C(C)c2ccc(O)cc2)cc1. The van der Waals surface area contributed by atoms with E-state index in [9.17, 15) is 9.90 Å². The Labute approximate surface area is 124 Å². The monoisotopic (exact) mass is 282 g/mol. The number of ether oxygens (including phenoxy) is 1. The second-order valence-corrected chi connectivity index (χ2v) is 5.05. The largest absolute Gasteiger partial charge is 0.508 e. The molecule has 2 aromatic carbocycles. The molecule has 2 rings (SSSR count). The molecule has 1 N–H and O–H groups in total. The molecule has 108 valence electrons. The zero-order valence-electron chi connectivity index (χ0n) is 12.2. The molecule has 0 amide bonds. The minimum absolute atomic E-state index is 0.191. The van der Waals surface area contributed by atoms with E-state index < -0.39 is 5.97 Å². The summed E-state index contributed by atoms with van der Waals surface area (Å²) in [6.07, 6.45) is 0. The van der Waals surface area contributed by atoms with Crippen molar-refractivity contribution in [2.45, 2.75) is 19.8 Å². The molecule has 0 aromatic heterocycles. The number of benzene rings is 2. The molecule has 0 spiro atoms. The second kappa shape index (κ2) is 6.27. The van der Waals surface area contributed by atoms with Crippen molar-refractivity contribution in [3.8, 4) is 11.5 Å². The highest BCUT2D eigenvalue weighted by Crippen LogP contribution is 2.27. The average molecular weight is 282 g/mol. The smallest absolute Gasteiger partial charge is 0.338 e. The maximum atomic E-state index is 11.4. The molecule has 0 saturated carbocycles. The second-order valence-electron chi connectivity index (χ2n) is 5.05. The molecule has 1 unspecified atom stereocenters. The fourth-order valence-electron chi connectivity index (χ4n) is 1.97. The molecular weight excluding hydrogens is 264 g/mol. The number of hydrogen-bond donors (Lipinski definition) is 1. The number of phenols is 1. The first-order valence-electron chi connectivity index (χ1n) is 6.74. The van der Waals surface area contributed by atoms with Crippen molar-refractivity contribution in [3.05, 3.63) is 71.8 Å². The number of aromatic hydroxyl groups is 1. The molecule has 0 aliphatic rings. The predicted molar refractivity (Wildman–Crippen MR) is 82.5 cm³/mol. The van der Waals surface area contributed by atoms with E-state index in [4.69, 9.17) is 4.74 Å². The van der Waals surface area contributed by atoms with Gasteiger partial charge in [-0.1, -0.05) is 37.8 Å². The summed E-state index contributed by atoms with van der Waals surface area (Å²) in [5, 5.41) is 9.32. The van der Waals surface area contributed by atoms with Gasteiger partial charge in [0.05, 0.1) is 0 Å². The van der Waals surface area contributed by atoms with Crippen molar-refractivity contribution in [1.29, 1.82) is 0 Å². The van der Waals surface area contributed by atoms with Crippen molar-refractivity contribution in [2.24, 2.45) is 0 Å². The van der Waals surface area contributed by atoms with Crippen LogP contribution in [0.2, 0.25) is 0 Å². The first kappa shape index (κ1) is 14.9. The molecule has 3 heteroatoms. The Morgan fingerprint density at radius 2 is 1.52 bits per heavy atom. The molecule has 0 bridgehead atoms. The summed E-state index contributed by atoms with van der Waals surface area (Å²) in [5.41, 5.74) is 2.59. The molecule has 0 aliphatic heterocycles. The minimum atomic E-state index is -0.422. The van der Waals surface area contributed by atoms with Crippen molar-refractivity contribution >= 4 is 5.97 Å². The number of carbonyl (C=O) groups excluding carboxylic acids is 1. The Bertz CT molecular complexity index is 639. The van der Waals surface area contributed by atoms with Crippen LogP contribution in [0.4, 0.5) is 0 Å². The molecule has 0 aliphatic carbocycles. The summed E-state index contributed by atoms with van der Waals surface area (Å²) in [7, 11) is 0. The maximum Gasteiger partial charge on any atom is 0.338 e. The number of esters is 1. The van der Waals surface area contributed by atoms with Crippen molar-refractivity contribution < 1.29 is 14.6 Å². The first-order chi connectivity index (χ1) is 9.97.